The summed E-state index contributed by atoms with van der Waals surface area (Å²) in [5, 5.41) is 0. The van der Waals surface area contributed by atoms with E-state index in [1.807, 2.05) is 52.6 Å². The Hall–Kier alpha value is -2.37. The predicted octanol–water partition coefficient (Wildman–Crippen LogP) is 2.44. The second kappa shape index (κ2) is 6.98. The molecule has 0 radical (unpaired) electrons. The highest BCUT2D eigenvalue weighted by Gasteiger charge is 2.42. The Balaban J connectivity index is 1.49. The number of aromatic nitrogens is 2. The second-order valence-corrected chi connectivity index (χ2v) is 8.14. The Bertz CT molecular complexity index is 874. The molecular weight excluding hydrogens is 340 g/mol. The van der Waals surface area contributed by atoms with Crippen LogP contribution < -0.4 is 0 Å². The highest BCUT2D eigenvalue weighted by Crippen LogP contribution is 2.39. The lowest BCUT2D eigenvalue weighted by Crippen LogP contribution is -2.55. The van der Waals surface area contributed by atoms with Crippen molar-refractivity contribution in [3.63, 3.8) is 0 Å². The van der Waals surface area contributed by atoms with Crippen LogP contribution in [0, 0.1) is 12.3 Å². The molecule has 1 unspecified atom stereocenters. The van der Waals surface area contributed by atoms with Crippen molar-refractivity contribution in [2.24, 2.45) is 5.41 Å². The van der Waals surface area contributed by atoms with Crippen LogP contribution in [0.15, 0.2) is 24.5 Å². The van der Waals surface area contributed by atoms with E-state index >= 15 is 0 Å². The molecule has 0 N–H and O–H groups in total. The van der Waals surface area contributed by atoms with Crippen LogP contribution in [-0.2, 0) is 16.0 Å². The number of imidazole rings is 1. The van der Waals surface area contributed by atoms with Crippen LogP contribution in [0.3, 0.4) is 0 Å². The number of amides is 2. The Morgan fingerprint density at radius 2 is 2.15 bits per heavy atom. The number of hydrogen-bond donors (Lipinski definition) is 0. The molecule has 2 amide bonds. The molecule has 2 aromatic rings. The molecule has 6 nitrogen and oxygen atoms in total. The zero-order valence-corrected chi connectivity index (χ0v) is 16.3. The second-order valence-electron chi connectivity index (χ2n) is 8.14. The average Bonchev–Trinajstić information content (AvgIpc) is 3.08. The maximum Gasteiger partial charge on any atom is 0.228 e. The van der Waals surface area contributed by atoms with Gasteiger partial charge in [-0.25, -0.2) is 4.98 Å². The Morgan fingerprint density at radius 1 is 1.30 bits per heavy atom. The van der Waals surface area contributed by atoms with E-state index in [4.69, 9.17) is 0 Å². The van der Waals surface area contributed by atoms with Crippen LogP contribution in [0.25, 0.3) is 5.65 Å². The maximum absolute atomic E-state index is 13.0. The number of nitrogens with zero attached hydrogens (tertiary/aromatic N) is 4. The van der Waals surface area contributed by atoms with Gasteiger partial charge >= 0.3 is 0 Å². The summed E-state index contributed by atoms with van der Waals surface area (Å²) in [4.78, 5) is 33.6. The van der Waals surface area contributed by atoms with Crippen molar-refractivity contribution in [2.75, 3.05) is 26.2 Å². The molecule has 4 heterocycles. The monoisotopic (exact) mass is 368 g/mol. The summed E-state index contributed by atoms with van der Waals surface area (Å²) < 4.78 is 2.02. The standard InChI is InChI=1S/C21H28N4O2/c1-3-23-14-21(9-7-18(23)26)8-5-10-24(15-21)19(27)12-17-13-22-20-16(2)6-4-11-25(17)20/h4,6,11,13H,3,5,7-10,12,14-15H2,1-2H3. The first-order chi connectivity index (χ1) is 13.0. The summed E-state index contributed by atoms with van der Waals surface area (Å²) in [5.41, 5.74) is 3.04. The van der Waals surface area contributed by atoms with Crippen molar-refractivity contribution in [3.05, 3.63) is 35.8 Å². The summed E-state index contributed by atoms with van der Waals surface area (Å²) in [6, 6.07) is 4.03. The number of rotatable bonds is 3. The van der Waals surface area contributed by atoms with E-state index in [1.54, 1.807) is 0 Å². The van der Waals surface area contributed by atoms with Crippen molar-refractivity contribution in [3.8, 4) is 0 Å². The van der Waals surface area contributed by atoms with E-state index in [2.05, 4.69) is 4.98 Å². The minimum absolute atomic E-state index is 0.0773. The molecule has 0 saturated carbocycles. The normalized spacial score (nSPS) is 23.4. The molecule has 1 spiro atoms. The van der Waals surface area contributed by atoms with E-state index < -0.39 is 0 Å². The lowest BCUT2D eigenvalue weighted by molar-refractivity contribution is -0.142. The first-order valence-corrected chi connectivity index (χ1v) is 9.98. The summed E-state index contributed by atoms with van der Waals surface area (Å²) in [6.07, 6.45) is 7.80. The molecule has 2 fully saturated rings. The Labute approximate surface area is 160 Å². The van der Waals surface area contributed by atoms with Crippen LogP contribution in [0.4, 0.5) is 0 Å². The Kier molecular flexibility index (Phi) is 4.66. The smallest absolute Gasteiger partial charge is 0.228 e. The molecule has 2 aromatic heterocycles. The molecule has 4 rings (SSSR count). The van der Waals surface area contributed by atoms with Crippen LogP contribution in [-0.4, -0.2) is 57.2 Å². The fourth-order valence-corrected chi connectivity index (χ4v) is 4.74. The van der Waals surface area contributed by atoms with Crippen LogP contribution in [0.1, 0.15) is 43.9 Å². The Morgan fingerprint density at radius 3 is 2.96 bits per heavy atom. The summed E-state index contributed by atoms with van der Waals surface area (Å²) in [7, 11) is 0. The first kappa shape index (κ1) is 18.0. The van der Waals surface area contributed by atoms with E-state index in [0.29, 0.717) is 12.8 Å². The molecule has 6 heteroatoms. The highest BCUT2D eigenvalue weighted by atomic mass is 16.2. The molecule has 2 saturated heterocycles. The number of piperidine rings is 2. The largest absolute Gasteiger partial charge is 0.342 e. The molecular formula is C21H28N4O2. The molecule has 0 aliphatic carbocycles. The third kappa shape index (κ3) is 3.33. The van der Waals surface area contributed by atoms with Gasteiger partial charge in [0, 0.05) is 50.4 Å². The van der Waals surface area contributed by atoms with Crippen LogP contribution in [0.5, 0.6) is 0 Å². The van der Waals surface area contributed by atoms with E-state index in [0.717, 1.165) is 62.3 Å². The van der Waals surface area contributed by atoms with Gasteiger partial charge in [0.05, 0.1) is 12.1 Å². The summed E-state index contributed by atoms with van der Waals surface area (Å²) in [5.74, 6) is 0.421. The van der Waals surface area contributed by atoms with E-state index in [-0.39, 0.29) is 17.2 Å². The number of aryl methyl sites for hydroxylation is 1. The fraction of sp³-hybridized carbons (Fsp3) is 0.571. The summed E-state index contributed by atoms with van der Waals surface area (Å²) >= 11 is 0. The molecule has 2 aliphatic heterocycles. The van der Waals surface area contributed by atoms with Gasteiger partial charge in [0.1, 0.15) is 5.65 Å². The van der Waals surface area contributed by atoms with E-state index in [9.17, 15) is 9.59 Å². The number of hydrogen-bond acceptors (Lipinski definition) is 3. The van der Waals surface area contributed by atoms with Gasteiger partial charge < -0.3 is 14.2 Å². The van der Waals surface area contributed by atoms with Crippen molar-refractivity contribution in [2.45, 2.75) is 46.0 Å². The predicted molar refractivity (Wildman–Crippen MR) is 103 cm³/mol. The molecule has 0 bridgehead atoms. The van der Waals surface area contributed by atoms with Gasteiger partial charge in [-0.05, 0) is 44.7 Å². The van der Waals surface area contributed by atoms with Gasteiger partial charge in [0.15, 0.2) is 0 Å². The molecule has 1 atom stereocenters. The molecule has 27 heavy (non-hydrogen) atoms. The first-order valence-electron chi connectivity index (χ1n) is 9.98. The topological polar surface area (TPSA) is 57.9 Å². The maximum atomic E-state index is 13.0. The minimum Gasteiger partial charge on any atom is -0.342 e. The lowest BCUT2D eigenvalue weighted by Gasteiger charge is -2.48. The minimum atomic E-state index is 0.0773. The number of carbonyl (C=O) groups is 2. The van der Waals surface area contributed by atoms with E-state index in [1.165, 1.54) is 0 Å². The number of likely N-dealkylation sites (tertiary alicyclic amines) is 2. The van der Waals surface area contributed by atoms with Gasteiger partial charge in [-0.1, -0.05) is 6.07 Å². The van der Waals surface area contributed by atoms with Gasteiger partial charge in [0.2, 0.25) is 11.8 Å². The fourth-order valence-electron chi connectivity index (χ4n) is 4.74. The number of fused-ring (bicyclic) bond motifs is 1. The van der Waals surface area contributed by atoms with Gasteiger partial charge in [-0.2, -0.15) is 0 Å². The molecule has 2 aliphatic rings. The van der Waals surface area contributed by atoms with Gasteiger partial charge in [-0.3, -0.25) is 9.59 Å². The highest BCUT2D eigenvalue weighted by molar-refractivity contribution is 5.79. The molecule has 0 aromatic carbocycles. The lowest BCUT2D eigenvalue weighted by atomic mass is 9.73. The van der Waals surface area contributed by atoms with Crippen molar-refractivity contribution in [1.29, 1.82) is 0 Å². The van der Waals surface area contributed by atoms with Gasteiger partial charge in [-0.15, -0.1) is 0 Å². The third-order valence-electron chi connectivity index (χ3n) is 6.28. The third-order valence-corrected chi connectivity index (χ3v) is 6.28. The number of pyridine rings is 1. The van der Waals surface area contributed by atoms with Crippen molar-refractivity contribution >= 4 is 17.5 Å². The van der Waals surface area contributed by atoms with Crippen LogP contribution >= 0.6 is 0 Å². The quantitative estimate of drug-likeness (QED) is 0.836. The van der Waals surface area contributed by atoms with Crippen LogP contribution in [0.2, 0.25) is 0 Å². The van der Waals surface area contributed by atoms with Crippen molar-refractivity contribution < 1.29 is 9.59 Å². The number of carbonyl (C=O) groups excluding carboxylic acids is 2. The zero-order chi connectivity index (χ0) is 19.0. The molecule has 144 valence electrons. The van der Waals surface area contributed by atoms with Gasteiger partial charge in [0.25, 0.3) is 0 Å². The SMILES string of the molecule is CCN1CC2(CCCN(C(=O)Cc3cnc4c(C)cccn34)C2)CCC1=O. The zero-order valence-electron chi connectivity index (χ0n) is 16.3. The van der Waals surface area contributed by atoms with Crippen molar-refractivity contribution in [1.82, 2.24) is 19.2 Å². The summed E-state index contributed by atoms with van der Waals surface area (Å²) in [6.45, 7) is 7.21. The average molecular weight is 368 g/mol.